The molecule has 2 N–H and O–H groups in total. The number of para-hydroxylation sites is 1. The number of hydrogen-bond donors (Lipinski definition) is 1. The van der Waals surface area contributed by atoms with Gasteiger partial charge >= 0.3 is 0 Å². The molecule has 1 aromatic heterocycles. The van der Waals surface area contributed by atoms with E-state index in [2.05, 4.69) is 5.10 Å². The molecule has 0 spiro atoms. The summed E-state index contributed by atoms with van der Waals surface area (Å²) in [6.45, 7) is 1.81. The Morgan fingerprint density at radius 1 is 1.10 bits per heavy atom. The zero-order chi connectivity index (χ0) is 15.0. The van der Waals surface area contributed by atoms with E-state index in [1.807, 2.05) is 30.3 Å². The van der Waals surface area contributed by atoms with Gasteiger partial charge in [-0.3, -0.25) is 0 Å². The predicted octanol–water partition coefficient (Wildman–Crippen LogP) is 4.22. The third kappa shape index (κ3) is 2.28. The Labute approximate surface area is 126 Å². The molecular formula is C16H13ClFN3. The maximum atomic E-state index is 14.1. The minimum absolute atomic E-state index is 0.276. The number of benzene rings is 2. The van der Waals surface area contributed by atoms with E-state index in [0.29, 0.717) is 22.1 Å². The first-order chi connectivity index (χ1) is 10.1. The van der Waals surface area contributed by atoms with E-state index in [1.165, 1.54) is 6.07 Å². The van der Waals surface area contributed by atoms with Gasteiger partial charge in [0.25, 0.3) is 0 Å². The van der Waals surface area contributed by atoms with Gasteiger partial charge in [0, 0.05) is 5.56 Å². The molecule has 0 radical (unpaired) electrons. The molecule has 0 unspecified atom stereocenters. The van der Waals surface area contributed by atoms with Crippen molar-refractivity contribution in [2.24, 2.45) is 0 Å². The molecule has 0 aliphatic carbocycles. The molecule has 1 heterocycles. The van der Waals surface area contributed by atoms with Crippen molar-refractivity contribution in [2.45, 2.75) is 6.92 Å². The Morgan fingerprint density at radius 2 is 1.81 bits per heavy atom. The summed E-state index contributed by atoms with van der Waals surface area (Å²) >= 11 is 6.11. The summed E-state index contributed by atoms with van der Waals surface area (Å²) in [6.07, 6.45) is 0. The first-order valence-corrected chi connectivity index (χ1v) is 6.82. The maximum absolute atomic E-state index is 14.1. The first kappa shape index (κ1) is 13.6. The smallest absolute Gasteiger partial charge is 0.134 e. The van der Waals surface area contributed by atoms with Crippen LogP contribution in [0.1, 0.15) is 5.56 Å². The lowest BCUT2D eigenvalue weighted by molar-refractivity contribution is 0.630. The van der Waals surface area contributed by atoms with Gasteiger partial charge in [0.15, 0.2) is 0 Å². The molecule has 106 valence electrons. The fourth-order valence-electron chi connectivity index (χ4n) is 2.24. The topological polar surface area (TPSA) is 43.8 Å². The highest BCUT2D eigenvalue weighted by atomic mass is 35.5. The van der Waals surface area contributed by atoms with Gasteiger partial charge in [0.1, 0.15) is 17.3 Å². The van der Waals surface area contributed by atoms with Crippen LogP contribution in [0.3, 0.4) is 0 Å². The summed E-state index contributed by atoms with van der Waals surface area (Å²) in [5, 5.41) is 4.75. The number of halogens is 2. The second kappa shape index (κ2) is 5.22. The molecule has 21 heavy (non-hydrogen) atoms. The first-order valence-electron chi connectivity index (χ1n) is 6.44. The van der Waals surface area contributed by atoms with Crippen molar-refractivity contribution >= 4 is 17.4 Å². The Morgan fingerprint density at radius 3 is 2.48 bits per heavy atom. The number of rotatable bonds is 2. The van der Waals surface area contributed by atoms with Crippen LogP contribution >= 0.6 is 11.6 Å². The maximum Gasteiger partial charge on any atom is 0.134 e. The average Bonchev–Trinajstić information content (AvgIpc) is 2.77. The van der Waals surface area contributed by atoms with Gasteiger partial charge < -0.3 is 5.73 Å². The lowest BCUT2D eigenvalue weighted by atomic mass is 10.1. The van der Waals surface area contributed by atoms with E-state index in [-0.39, 0.29) is 5.56 Å². The summed E-state index contributed by atoms with van der Waals surface area (Å²) in [5.41, 5.74) is 8.36. The van der Waals surface area contributed by atoms with Crippen LogP contribution in [-0.4, -0.2) is 9.78 Å². The number of nitrogen functional groups attached to an aromatic ring is 1. The van der Waals surface area contributed by atoms with Gasteiger partial charge in [-0.1, -0.05) is 35.9 Å². The van der Waals surface area contributed by atoms with E-state index in [1.54, 1.807) is 23.7 Å². The molecule has 0 fully saturated rings. The standard InChI is InChI=1S/C16H13ClFN3/c1-10-15(14-12(17)8-5-9-13(14)18)20-21(16(10)19)11-6-3-2-4-7-11/h2-9H,19H2,1H3. The van der Waals surface area contributed by atoms with E-state index < -0.39 is 5.82 Å². The summed E-state index contributed by atoms with van der Waals surface area (Å²) in [4.78, 5) is 0. The van der Waals surface area contributed by atoms with Crippen LogP contribution in [0.15, 0.2) is 48.5 Å². The zero-order valence-corrected chi connectivity index (χ0v) is 12.1. The average molecular weight is 302 g/mol. The predicted molar refractivity (Wildman–Crippen MR) is 83.1 cm³/mol. The van der Waals surface area contributed by atoms with Gasteiger partial charge in [-0.2, -0.15) is 5.10 Å². The highest BCUT2D eigenvalue weighted by Crippen LogP contribution is 2.34. The second-order valence-corrected chi connectivity index (χ2v) is 5.11. The summed E-state index contributed by atoms with van der Waals surface area (Å²) in [5.74, 6) is 0.0545. The lowest BCUT2D eigenvalue weighted by Gasteiger charge is -2.03. The fraction of sp³-hybridized carbons (Fsp3) is 0.0625. The normalized spacial score (nSPS) is 10.8. The molecule has 0 atom stereocenters. The van der Waals surface area contributed by atoms with Crippen LogP contribution in [0.5, 0.6) is 0 Å². The monoisotopic (exact) mass is 301 g/mol. The Balaban J connectivity index is 2.23. The number of hydrogen-bond acceptors (Lipinski definition) is 2. The fourth-order valence-corrected chi connectivity index (χ4v) is 2.49. The second-order valence-electron chi connectivity index (χ2n) is 4.70. The van der Waals surface area contributed by atoms with E-state index >= 15 is 0 Å². The summed E-state index contributed by atoms with van der Waals surface area (Å²) in [7, 11) is 0. The van der Waals surface area contributed by atoms with Crippen molar-refractivity contribution in [2.75, 3.05) is 5.73 Å². The summed E-state index contributed by atoms with van der Waals surface area (Å²) < 4.78 is 15.7. The summed E-state index contributed by atoms with van der Waals surface area (Å²) in [6, 6.07) is 14.0. The molecule has 3 rings (SSSR count). The quantitative estimate of drug-likeness (QED) is 0.770. The van der Waals surface area contributed by atoms with Crippen molar-refractivity contribution < 1.29 is 4.39 Å². The van der Waals surface area contributed by atoms with E-state index in [0.717, 1.165) is 5.69 Å². The van der Waals surface area contributed by atoms with Gasteiger partial charge in [0.05, 0.1) is 16.3 Å². The van der Waals surface area contributed by atoms with Gasteiger partial charge in [-0.15, -0.1) is 0 Å². The van der Waals surface area contributed by atoms with Crippen molar-refractivity contribution in [3.63, 3.8) is 0 Å². The molecule has 3 nitrogen and oxygen atoms in total. The van der Waals surface area contributed by atoms with E-state index in [9.17, 15) is 4.39 Å². The van der Waals surface area contributed by atoms with Crippen molar-refractivity contribution in [1.82, 2.24) is 9.78 Å². The lowest BCUT2D eigenvalue weighted by Crippen LogP contribution is -2.01. The molecule has 0 aliphatic heterocycles. The molecule has 0 bridgehead atoms. The van der Waals surface area contributed by atoms with E-state index in [4.69, 9.17) is 17.3 Å². The van der Waals surface area contributed by atoms with Gasteiger partial charge in [-0.25, -0.2) is 9.07 Å². The Hall–Kier alpha value is -2.33. The Kier molecular flexibility index (Phi) is 3.39. The SMILES string of the molecule is Cc1c(-c2c(F)cccc2Cl)nn(-c2ccccc2)c1N. The van der Waals surface area contributed by atoms with Crippen molar-refractivity contribution in [1.29, 1.82) is 0 Å². The molecule has 3 aromatic rings. The largest absolute Gasteiger partial charge is 0.383 e. The number of anilines is 1. The van der Waals surface area contributed by atoms with Crippen molar-refractivity contribution in [3.8, 4) is 16.9 Å². The van der Waals surface area contributed by atoms with Gasteiger partial charge in [-0.05, 0) is 31.2 Å². The minimum atomic E-state index is -0.414. The van der Waals surface area contributed by atoms with Crippen LogP contribution in [0.2, 0.25) is 5.02 Å². The minimum Gasteiger partial charge on any atom is -0.383 e. The third-order valence-corrected chi connectivity index (χ3v) is 3.68. The number of nitrogens with two attached hydrogens (primary N) is 1. The highest BCUT2D eigenvalue weighted by Gasteiger charge is 2.19. The molecule has 5 heteroatoms. The number of aromatic nitrogens is 2. The molecule has 2 aromatic carbocycles. The molecular weight excluding hydrogens is 289 g/mol. The highest BCUT2D eigenvalue weighted by molar-refractivity contribution is 6.33. The Bertz CT molecular complexity index is 777. The zero-order valence-electron chi connectivity index (χ0n) is 11.3. The molecule has 0 saturated heterocycles. The molecule has 0 amide bonds. The third-order valence-electron chi connectivity index (χ3n) is 3.37. The van der Waals surface area contributed by atoms with Crippen LogP contribution in [0, 0.1) is 12.7 Å². The number of nitrogens with zero attached hydrogens (tertiary/aromatic N) is 2. The van der Waals surface area contributed by atoms with Crippen LogP contribution in [0.4, 0.5) is 10.2 Å². The van der Waals surface area contributed by atoms with Crippen LogP contribution < -0.4 is 5.73 Å². The van der Waals surface area contributed by atoms with Crippen LogP contribution in [0.25, 0.3) is 16.9 Å². The molecule has 0 saturated carbocycles. The van der Waals surface area contributed by atoms with Gasteiger partial charge in [0.2, 0.25) is 0 Å². The molecule has 0 aliphatic rings. The van der Waals surface area contributed by atoms with Crippen LogP contribution in [-0.2, 0) is 0 Å². The van der Waals surface area contributed by atoms with Crippen molar-refractivity contribution in [3.05, 3.63) is 64.9 Å².